The minimum Gasteiger partial charge on any atom is -0.469 e. The Kier molecular flexibility index (Phi) is 12.4. The molecule has 8 heterocycles. The van der Waals surface area contributed by atoms with E-state index in [0.29, 0.717) is 45.2 Å². The first-order valence-corrected chi connectivity index (χ1v) is 20.1. The Morgan fingerprint density at radius 3 is 1.55 bits per heavy atom. The fourth-order valence-corrected chi connectivity index (χ4v) is 7.98. The Bertz CT molecular complexity index is 2310. The summed E-state index contributed by atoms with van der Waals surface area (Å²) in [5.41, 5.74) is 2.64. The van der Waals surface area contributed by atoms with Crippen molar-refractivity contribution in [3.63, 3.8) is 0 Å². The molecule has 0 unspecified atom stereocenters. The van der Waals surface area contributed by atoms with E-state index in [9.17, 15) is 18.4 Å². The number of halogens is 4. The van der Waals surface area contributed by atoms with Gasteiger partial charge in [-0.3, -0.25) is 9.59 Å². The summed E-state index contributed by atoms with van der Waals surface area (Å²) < 4.78 is 49.4. The number of aryl methyl sites for hydroxylation is 2. The number of fused-ring (bicyclic) bond motifs is 2. The summed E-state index contributed by atoms with van der Waals surface area (Å²) in [6, 6.07) is 3.72. The molecule has 6 aromatic rings. The summed E-state index contributed by atoms with van der Waals surface area (Å²) in [5, 5.41) is 9.29. The van der Waals surface area contributed by atoms with Crippen molar-refractivity contribution in [3.05, 3.63) is 71.3 Å². The molecule has 0 spiro atoms. The van der Waals surface area contributed by atoms with Crippen LogP contribution >= 0.6 is 46.3 Å². The highest BCUT2D eigenvalue weighted by Gasteiger charge is 2.35. The van der Waals surface area contributed by atoms with Crippen LogP contribution < -0.4 is 20.1 Å². The number of rotatable bonds is 10. The minimum absolute atomic E-state index is 0.0936. The van der Waals surface area contributed by atoms with E-state index in [1.54, 1.807) is 12.4 Å². The molecule has 2 aliphatic rings. The van der Waals surface area contributed by atoms with Crippen LogP contribution in [-0.2, 0) is 9.59 Å². The van der Waals surface area contributed by atoms with Crippen LogP contribution in [0.2, 0.25) is 10.0 Å². The number of amides is 2. The number of piperidine rings is 2. The predicted molar refractivity (Wildman–Crippen MR) is 219 cm³/mol. The number of aromatic amines is 2. The number of nitrogens with zero attached hydrogens (tertiary/aromatic N) is 8. The predicted octanol–water partition coefficient (Wildman–Crippen LogP) is 7.25. The molecule has 58 heavy (non-hydrogen) atoms. The molecule has 2 aliphatic heterocycles. The number of anilines is 4. The lowest BCUT2D eigenvalue weighted by atomic mass is 10.1. The number of carbonyl (C=O) groups is 2. The Hall–Kier alpha value is -5.44. The van der Waals surface area contributed by atoms with Crippen molar-refractivity contribution in [2.24, 2.45) is 0 Å². The summed E-state index contributed by atoms with van der Waals surface area (Å²) in [7, 11) is 0. The third-order valence-corrected chi connectivity index (χ3v) is 11.3. The van der Waals surface area contributed by atoms with Gasteiger partial charge in [-0.25, -0.2) is 8.78 Å². The molecular weight excluding hydrogens is 838 g/mol. The van der Waals surface area contributed by atoms with E-state index in [4.69, 9.17) is 32.7 Å². The fraction of sp³-hybridized carbons (Fsp3) is 0.333. The number of H-pyrrole nitrogens is 2. The Morgan fingerprint density at radius 2 is 1.19 bits per heavy atom. The second kappa shape index (κ2) is 17.6. The number of hydrogen-bond acceptors (Lipinski definition) is 14. The van der Waals surface area contributed by atoms with Crippen molar-refractivity contribution >= 4 is 102 Å². The average molecular weight is 874 g/mol. The van der Waals surface area contributed by atoms with Gasteiger partial charge in [0, 0.05) is 25.5 Å². The standard InChI is InChI=1S/2C18H18ClFN6O2S/c2*1-3-14(27)26-5-4-11(20)12(8-26)28-17-15-10(19)7-21-16(15)23-18(24-17)22-13-6-9(2)25-29-13/h2*3,6-7,11-12H,1,4-5,8H2,2H3,(H2,21,22,23,24)/t2*11-,12-/m10/s1. The van der Waals surface area contributed by atoms with Gasteiger partial charge in [-0.2, -0.15) is 28.7 Å². The quantitative estimate of drug-likeness (QED) is 0.101. The number of hydrogen-bond donors (Lipinski definition) is 4. The van der Waals surface area contributed by atoms with Crippen molar-refractivity contribution < 1.29 is 27.8 Å². The van der Waals surface area contributed by atoms with Gasteiger partial charge >= 0.3 is 0 Å². The van der Waals surface area contributed by atoms with Crippen LogP contribution in [0.25, 0.3) is 22.1 Å². The zero-order valence-electron chi connectivity index (χ0n) is 31.0. The van der Waals surface area contributed by atoms with Crippen LogP contribution in [0.3, 0.4) is 0 Å². The summed E-state index contributed by atoms with van der Waals surface area (Å²) in [6.45, 7) is 11.5. The van der Waals surface area contributed by atoms with E-state index in [2.05, 4.69) is 62.4 Å². The molecule has 16 nitrogen and oxygen atoms in total. The van der Waals surface area contributed by atoms with Gasteiger partial charge < -0.3 is 39.9 Å². The molecule has 0 aliphatic carbocycles. The lowest BCUT2D eigenvalue weighted by Crippen LogP contribution is -2.49. The molecule has 6 aromatic heterocycles. The van der Waals surface area contributed by atoms with Gasteiger partial charge in [-0.15, -0.1) is 0 Å². The monoisotopic (exact) mass is 872 g/mol. The zero-order valence-corrected chi connectivity index (χ0v) is 34.1. The topological polar surface area (TPSA) is 192 Å². The van der Waals surface area contributed by atoms with E-state index >= 15 is 0 Å². The Morgan fingerprint density at radius 1 is 0.776 bits per heavy atom. The van der Waals surface area contributed by atoms with Gasteiger partial charge in [0.25, 0.3) is 0 Å². The highest BCUT2D eigenvalue weighted by atomic mass is 35.5. The van der Waals surface area contributed by atoms with Crippen LogP contribution in [0, 0.1) is 13.8 Å². The number of alkyl halides is 2. The third-order valence-electron chi connectivity index (χ3n) is 9.08. The lowest BCUT2D eigenvalue weighted by molar-refractivity contribution is -0.130. The molecule has 0 aromatic carbocycles. The third kappa shape index (κ3) is 9.14. The molecule has 0 radical (unpaired) electrons. The zero-order chi connectivity index (χ0) is 41.1. The van der Waals surface area contributed by atoms with Crippen molar-refractivity contribution in [3.8, 4) is 11.8 Å². The highest BCUT2D eigenvalue weighted by Crippen LogP contribution is 2.35. The van der Waals surface area contributed by atoms with Crippen molar-refractivity contribution in [1.82, 2.24) is 48.5 Å². The van der Waals surface area contributed by atoms with E-state index in [1.807, 2.05) is 26.0 Å². The number of nitrogens with one attached hydrogen (secondary N) is 4. The van der Waals surface area contributed by atoms with Gasteiger partial charge in [0.05, 0.1) is 45.3 Å². The maximum absolute atomic E-state index is 14.6. The summed E-state index contributed by atoms with van der Waals surface area (Å²) in [4.78, 5) is 50.3. The fourth-order valence-electron chi connectivity index (χ4n) is 6.22. The molecule has 304 valence electrons. The first kappa shape index (κ1) is 40.7. The first-order chi connectivity index (χ1) is 27.9. The lowest BCUT2D eigenvalue weighted by Gasteiger charge is -2.34. The number of aromatic nitrogens is 8. The van der Waals surface area contributed by atoms with Crippen LogP contribution in [0.5, 0.6) is 11.8 Å². The van der Waals surface area contributed by atoms with Gasteiger partial charge in [0.2, 0.25) is 35.5 Å². The smallest absolute Gasteiger partial charge is 0.246 e. The normalized spacial score (nSPS) is 19.3. The van der Waals surface area contributed by atoms with Crippen LogP contribution in [-0.4, -0.2) is 111 Å². The van der Waals surface area contributed by atoms with E-state index in [1.165, 1.54) is 45.0 Å². The largest absolute Gasteiger partial charge is 0.469 e. The SMILES string of the molecule is C=CC(=O)N1CC[C@@H](F)[C@H](Oc2nc(Nc3cc(C)ns3)nc3[nH]cc(Cl)c23)C1.C=CC(=O)N1CC[C@H](F)[C@@H](Oc2nc(Nc3cc(C)ns3)nc3[nH]cc(Cl)c23)C1. The van der Waals surface area contributed by atoms with Gasteiger partial charge in [0.1, 0.15) is 45.8 Å². The van der Waals surface area contributed by atoms with E-state index in [-0.39, 0.29) is 61.4 Å². The van der Waals surface area contributed by atoms with Crippen LogP contribution in [0.15, 0.2) is 49.8 Å². The second-order valence-corrected chi connectivity index (χ2v) is 15.7. The number of likely N-dealkylation sites (tertiary alicyclic amines) is 2. The van der Waals surface area contributed by atoms with Crippen LogP contribution in [0.4, 0.5) is 30.7 Å². The molecule has 4 atom stereocenters. The Labute approximate surface area is 348 Å². The van der Waals surface area contributed by atoms with Gasteiger partial charge in [-0.05, 0) is 74.0 Å². The molecule has 2 amide bonds. The van der Waals surface area contributed by atoms with Crippen LogP contribution in [0.1, 0.15) is 24.2 Å². The maximum Gasteiger partial charge on any atom is 0.246 e. The van der Waals surface area contributed by atoms with E-state index < -0.39 is 24.6 Å². The molecule has 0 bridgehead atoms. The highest BCUT2D eigenvalue weighted by molar-refractivity contribution is 7.10. The average Bonchev–Trinajstić information content (AvgIpc) is 4.01. The van der Waals surface area contributed by atoms with Crippen molar-refractivity contribution in [2.45, 2.75) is 51.2 Å². The summed E-state index contributed by atoms with van der Waals surface area (Å²) in [5.74, 6) is 0.290. The molecular formula is C36H36Cl2F2N12O4S2. The van der Waals surface area contributed by atoms with Gasteiger partial charge in [-0.1, -0.05) is 36.4 Å². The number of carbonyl (C=O) groups excluding carboxylic acids is 2. The number of ether oxygens (including phenoxy) is 2. The molecule has 2 fully saturated rings. The second-order valence-electron chi connectivity index (χ2n) is 13.2. The molecule has 2 saturated heterocycles. The van der Waals surface area contributed by atoms with Crippen molar-refractivity contribution in [1.29, 1.82) is 0 Å². The molecule has 22 heteroatoms. The molecule has 8 rings (SSSR count). The van der Waals surface area contributed by atoms with Crippen molar-refractivity contribution in [2.75, 3.05) is 36.8 Å². The Balaban J connectivity index is 0.000000177. The maximum atomic E-state index is 14.6. The van der Waals surface area contributed by atoms with Gasteiger partial charge in [0.15, 0.2) is 0 Å². The minimum atomic E-state index is -1.24. The molecule has 4 N–H and O–H groups in total. The molecule has 0 saturated carbocycles. The first-order valence-electron chi connectivity index (χ1n) is 17.8. The van der Waals surface area contributed by atoms with E-state index in [0.717, 1.165) is 21.4 Å². The summed E-state index contributed by atoms with van der Waals surface area (Å²) in [6.07, 6.45) is 1.65. The summed E-state index contributed by atoms with van der Waals surface area (Å²) >= 11 is 15.1.